The van der Waals surface area contributed by atoms with Crippen LogP contribution in [0.15, 0.2) is 66.7 Å². The van der Waals surface area contributed by atoms with Crippen LogP contribution in [0.2, 0.25) is 0 Å². The third-order valence-corrected chi connectivity index (χ3v) is 4.18. The Labute approximate surface area is 145 Å². The Morgan fingerprint density at radius 1 is 0.960 bits per heavy atom. The normalized spacial score (nSPS) is 10.9. The zero-order chi connectivity index (χ0) is 17.2. The highest BCUT2D eigenvalue weighted by atomic mass is 16.5. The number of anilines is 1. The van der Waals surface area contributed by atoms with Crippen molar-refractivity contribution >= 4 is 33.4 Å². The number of hydrogen-bond acceptors (Lipinski definition) is 2. The molecule has 124 valence electrons. The van der Waals surface area contributed by atoms with Crippen molar-refractivity contribution in [2.24, 2.45) is 0 Å². The number of nitrogens with one attached hydrogen (secondary N) is 2. The van der Waals surface area contributed by atoms with Gasteiger partial charge in [0.2, 0.25) is 0 Å². The molecule has 0 unspecified atom stereocenters. The number of rotatable bonds is 4. The van der Waals surface area contributed by atoms with E-state index in [-0.39, 0.29) is 12.5 Å². The Morgan fingerprint density at radius 3 is 2.56 bits per heavy atom. The van der Waals surface area contributed by atoms with E-state index in [1.165, 1.54) is 0 Å². The van der Waals surface area contributed by atoms with E-state index in [2.05, 4.69) is 16.4 Å². The summed E-state index contributed by atoms with van der Waals surface area (Å²) in [6.07, 6.45) is 0. The SMILES string of the molecule is Cc1ccc(OCC(=O)Nc2ccc3[nH]c4ccccc4c3c2)cc1. The average Bonchev–Trinajstić information content (AvgIpc) is 2.99. The predicted octanol–water partition coefficient (Wildman–Crippen LogP) is 4.65. The molecule has 4 aromatic rings. The highest BCUT2D eigenvalue weighted by Crippen LogP contribution is 2.27. The lowest BCUT2D eigenvalue weighted by molar-refractivity contribution is -0.118. The molecule has 0 saturated heterocycles. The number of ether oxygens (including phenoxy) is 1. The van der Waals surface area contributed by atoms with Crippen LogP contribution in [-0.4, -0.2) is 17.5 Å². The topological polar surface area (TPSA) is 54.1 Å². The molecule has 25 heavy (non-hydrogen) atoms. The molecule has 0 aliphatic carbocycles. The Bertz CT molecular complexity index is 1050. The number of aryl methyl sites for hydroxylation is 1. The van der Waals surface area contributed by atoms with E-state index < -0.39 is 0 Å². The second kappa shape index (κ2) is 6.32. The van der Waals surface area contributed by atoms with Gasteiger partial charge < -0.3 is 15.0 Å². The Balaban J connectivity index is 1.49. The van der Waals surface area contributed by atoms with Crippen molar-refractivity contribution in [1.29, 1.82) is 0 Å². The van der Waals surface area contributed by atoms with Gasteiger partial charge in [-0.05, 0) is 43.3 Å². The zero-order valence-electron chi connectivity index (χ0n) is 13.9. The van der Waals surface area contributed by atoms with Crippen LogP contribution in [0.5, 0.6) is 5.75 Å². The highest BCUT2D eigenvalue weighted by molar-refractivity contribution is 6.09. The average molecular weight is 330 g/mol. The third kappa shape index (κ3) is 3.19. The molecule has 0 bridgehead atoms. The first-order valence-electron chi connectivity index (χ1n) is 8.19. The van der Waals surface area contributed by atoms with Gasteiger partial charge in [0.1, 0.15) is 5.75 Å². The van der Waals surface area contributed by atoms with Gasteiger partial charge in [0.25, 0.3) is 5.91 Å². The summed E-state index contributed by atoms with van der Waals surface area (Å²) < 4.78 is 5.52. The van der Waals surface area contributed by atoms with Crippen molar-refractivity contribution in [3.63, 3.8) is 0 Å². The number of amides is 1. The number of carbonyl (C=O) groups excluding carboxylic acids is 1. The van der Waals surface area contributed by atoms with Crippen molar-refractivity contribution in [1.82, 2.24) is 4.98 Å². The number of hydrogen-bond donors (Lipinski definition) is 2. The van der Waals surface area contributed by atoms with Crippen molar-refractivity contribution < 1.29 is 9.53 Å². The number of para-hydroxylation sites is 1. The lowest BCUT2D eigenvalue weighted by Crippen LogP contribution is -2.20. The molecule has 1 amide bonds. The van der Waals surface area contributed by atoms with E-state index in [1.807, 2.05) is 67.6 Å². The van der Waals surface area contributed by atoms with Crippen LogP contribution in [-0.2, 0) is 4.79 Å². The van der Waals surface area contributed by atoms with E-state index >= 15 is 0 Å². The zero-order valence-corrected chi connectivity index (χ0v) is 13.9. The fourth-order valence-corrected chi connectivity index (χ4v) is 2.91. The van der Waals surface area contributed by atoms with Gasteiger partial charge in [0, 0.05) is 27.5 Å². The van der Waals surface area contributed by atoms with Crippen molar-refractivity contribution in [2.75, 3.05) is 11.9 Å². The van der Waals surface area contributed by atoms with Gasteiger partial charge in [-0.25, -0.2) is 0 Å². The van der Waals surface area contributed by atoms with E-state index in [0.29, 0.717) is 5.75 Å². The summed E-state index contributed by atoms with van der Waals surface area (Å²) in [6, 6.07) is 21.6. The van der Waals surface area contributed by atoms with Gasteiger partial charge in [-0.15, -0.1) is 0 Å². The third-order valence-electron chi connectivity index (χ3n) is 4.18. The van der Waals surface area contributed by atoms with Crippen molar-refractivity contribution in [3.8, 4) is 5.75 Å². The number of fused-ring (bicyclic) bond motifs is 3. The molecule has 1 heterocycles. The summed E-state index contributed by atoms with van der Waals surface area (Å²) in [5.41, 5.74) is 4.05. The molecule has 1 aromatic heterocycles. The molecule has 4 heteroatoms. The summed E-state index contributed by atoms with van der Waals surface area (Å²) in [7, 11) is 0. The lowest BCUT2D eigenvalue weighted by atomic mass is 10.1. The van der Waals surface area contributed by atoms with E-state index in [4.69, 9.17) is 4.74 Å². The van der Waals surface area contributed by atoms with Gasteiger partial charge in [0.15, 0.2) is 6.61 Å². The molecule has 0 aliphatic heterocycles. The van der Waals surface area contributed by atoms with Gasteiger partial charge in [-0.2, -0.15) is 0 Å². The summed E-state index contributed by atoms with van der Waals surface area (Å²) in [6.45, 7) is 1.99. The molecule has 4 nitrogen and oxygen atoms in total. The second-order valence-electron chi connectivity index (χ2n) is 6.08. The van der Waals surface area contributed by atoms with E-state index in [0.717, 1.165) is 33.1 Å². The largest absolute Gasteiger partial charge is 0.484 e. The molecule has 2 N–H and O–H groups in total. The van der Waals surface area contributed by atoms with Crippen LogP contribution in [0.1, 0.15) is 5.56 Å². The van der Waals surface area contributed by atoms with Crippen LogP contribution in [0.25, 0.3) is 21.8 Å². The lowest BCUT2D eigenvalue weighted by Gasteiger charge is -2.08. The monoisotopic (exact) mass is 330 g/mol. The molecule has 0 fully saturated rings. The summed E-state index contributed by atoms with van der Waals surface area (Å²) in [5, 5.41) is 5.13. The molecule has 0 saturated carbocycles. The smallest absolute Gasteiger partial charge is 0.262 e. The summed E-state index contributed by atoms with van der Waals surface area (Å²) >= 11 is 0. The number of H-pyrrole nitrogens is 1. The molecule has 3 aromatic carbocycles. The number of carbonyl (C=O) groups is 1. The minimum absolute atomic E-state index is 0.0189. The van der Waals surface area contributed by atoms with E-state index in [9.17, 15) is 4.79 Å². The maximum Gasteiger partial charge on any atom is 0.262 e. The first-order valence-corrected chi connectivity index (χ1v) is 8.19. The predicted molar refractivity (Wildman–Crippen MR) is 101 cm³/mol. The van der Waals surface area contributed by atoms with Crippen molar-refractivity contribution in [3.05, 3.63) is 72.3 Å². The fourth-order valence-electron chi connectivity index (χ4n) is 2.91. The van der Waals surface area contributed by atoms with Crippen LogP contribution >= 0.6 is 0 Å². The summed E-state index contributed by atoms with van der Waals surface area (Å²) in [4.78, 5) is 15.5. The Kier molecular flexibility index (Phi) is 3.86. The van der Waals surface area contributed by atoms with Crippen molar-refractivity contribution in [2.45, 2.75) is 6.92 Å². The quantitative estimate of drug-likeness (QED) is 0.572. The highest BCUT2D eigenvalue weighted by Gasteiger charge is 2.07. The minimum Gasteiger partial charge on any atom is -0.484 e. The molecule has 0 aliphatic rings. The maximum atomic E-state index is 12.1. The van der Waals surface area contributed by atoms with Crippen LogP contribution in [0.3, 0.4) is 0 Å². The number of aromatic amines is 1. The van der Waals surface area contributed by atoms with Gasteiger partial charge in [-0.3, -0.25) is 4.79 Å². The van der Waals surface area contributed by atoms with Gasteiger partial charge in [0.05, 0.1) is 0 Å². The minimum atomic E-state index is -0.181. The van der Waals surface area contributed by atoms with Crippen LogP contribution < -0.4 is 10.1 Å². The Morgan fingerprint density at radius 2 is 1.72 bits per heavy atom. The maximum absolute atomic E-state index is 12.1. The molecule has 0 radical (unpaired) electrons. The summed E-state index contributed by atoms with van der Waals surface area (Å²) in [5.74, 6) is 0.507. The molecular formula is C21H18N2O2. The second-order valence-corrected chi connectivity index (χ2v) is 6.08. The molecule has 4 rings (SSSR count). The Hall–Kier alpha value is -3.27. The van der Waals surface area contributed by atoms with Crippen LogP contribution in [0, 0.1) is 6.92 Å². The van der Waals surface area contributed by atoms with Gasteiger partial charge in [-0.1, -0.05) is 35.9 Å². The first-order chi connectivity index (χ1) is 12.2. The number of aromatic nitrogens is 1. The molecular weight excluding hydrogens is 312 g/mol. The standard InChI is InChI=1S/C21H18N2O2/c1-14-6-9-16(10-7-14)25-13-21(24)22-15-8-11-20-18(12-15)17-4-2-3-5-19(17)23-20/h2-12,23H,13H2,1H3,(H,22,24). The first kappa shape index (κ1) is 15.3. The molecule has 0 atom stereocenters. The van der Waals surface area contributed by atoms with Crippen LogP contribution in [0.4, 0.5) is 5.69 Å². The number of benzene rings is 3. The van der Waals surface area contributed by atoms with Gasteiger partial charge >= 0.3 is 0 Å². The fraction of sp³-hybridized carbons (Fsp3) is 0.0952. The molecule has 0 spiro atoms. The van der Waals surface area contributed by atoms with E-state index in [1.54, 1.807) is 0 Å².